The number of anilines is 1. The normalized spacial score (nSPS) is 27.5. The molecule has 3 rings (SSSR count). The van der Waals surface area contributed by atoms with Gasteiger partial charge in [-0.3, -0.25) is 4.79 Å². The van der Waals surface area contributed by atoms with Crippen LogP contribution in [0.25, 0.3) is 0 Å². The number of carbonyl (C=O) groups is 1. The molecular formula is C16H24N4O3. The van der Waals surface area contributed by atoms with E-state index in [9.17, 15) is 4.79 Å². The summed E-state index contributed by atoms with van der Waals surface area (Å²) in [7, 11) is 3.49. The molecule has 3 heterocycles. The lowest BCUT2D eigenvalue weighted by atomic mass is 9.97. The molecule has 7 nitrogen and oxygen atoms in total. The van der Waals surface area contributed by atoms with E-state index >= 15 is 0 Å². The lowest BCUT2D eigenvalue weighted by Gasteiger charge is -2.39. The van der Waals surface area contributed by atoms with Gasteiger partial charge in [0.1, 0.15) is 11.7 Å². The van der Waals surface area contributed by atoms with Gasteiger partial charge in [-0.05, 0) is 19.9 Å². The average Bonchev–Trinajstić information content (AvgIpc) is 2.89. The topological polar surface area (TPSA) is 67.8 Å². The van der Waals surface area contributed by atoms with Crippen molar-refractivity contribution < 1.29 is 14.3 Å². The van der Waals surface area contributed by atoms with Crippen molar-refractivity contribution in [3.05, 3.63) is 17.5 Å². The number of likely N-dealkylation sites (N-methyl/N-ethyl adjacent to an activating group) is 1. The summed E-state index contributed by atoms with van der Waals surface area (Å²) in [5.41, 5.74) is 1.46. The monoisotopic (exact) mass is 320 g/mol. The first-order valence-corrected chi connectivity index (χ1v) is 7.92. The van der Waals surface area contributed by atoms with Crippen molar-refractivity contribution in [2.45, 2.75) is 32.0 Å². The Hall–Kier alpha value is -1.73. The maximum absolute atomic E-state index is 12.1. The summed E-state index contributed by atoms with van der Waals surface area (Å²) >= 11 is 0. The molecule has 23 heavy (non-hydrogen) atoms. The van der Waals surface area contributed by atoms with Crippen LogP contribution in [-0.2, 0) is 14.3 Å². The van der Waals surface area contributed by atoms with Gasteiger partial charge in [-0.2, -0.15) is 0 Å². The fourth-order valence-electron chi connectivity index (χ4n) is 3.23. The summed E-state index contributed by atoms with van der Waals surface area (Å²) in [5, 5.41) is 0. The predicted octanol–water partition coefficient (Wildman–Crippen LogP) is 0.546. The second kappa shape index (κ2) is 6.05. The van der Waals surface area contributed by atoms with E-state index in [1.54, 1.807) is 19.0 Å². The van der Waals surface area contributed by atoms with E-state index in [2.05, 4.69) is 14.9 Å². The van der Waals surface area contributed by atoms with Crippen LogP contribution < -0.4 is 4.90 Å². The van der Waals surface area contributed by atoms with E-state index in [1.165, 1.54) is 0 Å². The summed E-state index contributed by atoms with van der Waals surface area (Å²) < 4.78 is 11.7. The number of rotatable bonds is 2. The van der Waals surface area contributed by atoms with E-state index in [-0.39, 0.29) is 5.91 Å². The van der Waals surface area contributed by atoms with Crippen molar-refractivity contribution in [2.75, 3.05) is 45.3 Å². The SMILES string of the molecule is Cc1cc(C)nc(N2CCOC3(COC(C(=O)N(C)C)C3)C2)n1. The Kier molecular flexibility index (Phi) is 4.25. The molecule has 2 saturated heterocycles. The Morgan fingerprint density at radius 1 is 1.35 bits per heavy atom. The van der Waals surface area contributed by atoms with Crippen LogP contribution in [0, 0.1) is 13.8 Å². The molecule has 2 unspecified atom stereocenters. The molecule has 0 N–H and O–H groups in total. The third kappa shape index (κ3) is 3.30. The molecule has 0 saturated carbocycles. The van der Waals surface area contributed by atoms with Gasteiger partial charge < -0.3 is 19.3 Å². The van der Waals surface area contributed by atoms with Gasteiger partial charge in [0.15, 0.2) is 0 Å². The molecule has 1 amide bonds. The molecule has 0 aromatic carbocycles. The molecule has 2 aliphatic heterocycles. The standard InChI is InChI=1S/C16H24N4O3/c1-11-7-12(2)18-15(17-11)20-5-6-23-16(9-20)8-13(22-10-16)14(21)19(3)4/h7,13H,5-6,8-10H2,1-4H3. The highest BCUT2D eigenvalue weighted by molar-refractivity contribution is 5.80. The van der Waals surface area contributed by atoms with Crippen LogP contribution in [0.1, 0.15) is 17.8 Å². The molecule has 1 aromatic rings. The van der Waals surface area contributed by atoms with Crippen molar-refractivity contribution in [3.63, 3.8) is 0 Å². The molecule has 126 valence electrons. The quantitative estimate of drug-likeness (QED) is 0.792. The maximum Gasteiger partial charge on any atom is 0.251 e. The number of aryl methyl sites for hydroxylation is 2. The second-order valence-electron chi connectivity index (χ2n) is 6.64. The van der Waals surface area contributed by atoms with Gasteiger partial charge in [0, 0.05) is 38.4 Å². The number of carbonyl (C=O) groups excluding carboxylic acids is 1. The summed E-state index contributed by atoms with van der Waals surface area (Å²) in [4.78, 5) is 24.9. The van der Waals surface area contributed by atoms with Crippen LogP contribution in [0.4, 0.5) is 5.95 Å². The Morgan fingerprint density at radius 3 is 2.70 bits per heavy atom. The summed E-state index contributed by atoms with van der Waals surface area (Å²) in [6.45, 7) is 6.35. The lowest BCUT2D eigenvalue weighted by Crippen LogP contribution is -2.53. The molecule has 2 fully saturated rings. The van der Waals surface area contributed by atoms with Crippen LogP contribution in [0.5, 0.6) is 0 Å². The van der Waals surface area contributed by atoms with E-state index < -0.39 is 11.7 Å². The first kappa shape index (κ1) is 16.1. The molecule has 0 radical (unpaired) electrons. The molecule has 1 aromatic heterocycles. The smallest absolute Gasteiger partial charge is 0.251 e. The highest BCUT2D eigenvalue weighted by atomic mass is 16.6. The van der Waals surface area contributed by atoms with Crippen LogP contribution in [-0.4, -0.2) is 72.9 Å². The van der Waals surface area contributed by atoms with Crippen molar-refractivity contribution >= 4 is 11.9 Å². The number of amides is 1. The zero-order chi connectivity index (χ0) is 16.6. The van der Waals surface area contributed by atoms with E-state index in [4.69, 9.17) is 9.47 Å². The van der Waals surface area contributed by atoms with Crippen molar-refractivity contribution in [1.82, 2.24) is 14.9 Å². The van der Waals surface area contributed by atoms with Crippen molar-refractivity contribution in [2.24, 2.45) is 0 Å². The van der Waals surface area contributed by atoms with E-state index in [0.717, 1.165) is 23.9 Å². The number of ether oxygens (including phenoxy) is 2. The predicted molar refractivity (Wildman–Crippen MR) is 85.5 cm³/mol. The number of hydrogen-bond donors (Lipinski definition) is 0. The number of morpholine rings is 1. The zero-order valence-electron chi connectivity index (χ0n) is 14.2. The first-order chi connectivity index (χ1) is 10.9. The molecular weight excluding hydrogens is 296 g/mol. The number of aromatic nitrogens is 2. The van der Waals surface area contributed by atoms with Gasteiger partial charge in [-0.15, -0.1) is 0 Å². The Morgan fingerprint density at radius 2 is 2.04 bits per heavy atom. The van der Waals surface area contributed by atoms with Crippen LogP contribution in [0.15, 0.2) is 6.07 Å². The Labute approximate surface area is 136 Å². The van der Waals surface area contributed by atoms with E-state index in [0.29, 0.717) is 26.2 Å². The Balaban J connectivity index is 1.75. The van der Waals surface area contributed by atoms with Gasteiger partial charge in [-0.1, -0.05) is 0 Å². The average molecular weight is 320 g/mol. The third-order valence-corrected chi connectivity index (χ3v) is 4.32. The summed E-state index contributed by atoms with van der Waals surface area (Å²) in [6.07, 6.45) is 0.149. The highest BCUT2D eigenvalue weighted by Crippen LogP contribution is 2.33. The summed E-state index contributed by atoms with van der Waals surface area (Å²) in [5.74, 6) is 0.720. The van der Waals surface area contributed by atoms with Crippen molar-refractivity contribution in [1.29, 1.82) is 0 Å². The first-order valence-electron chi connectivity index (χ1n) is 7.92. The second-order valence-corrected chi connectivity index (χ2v) is 6.64. The molecule has 0 aliphatic carbocycles. The van der Waals surface area contributed by atoms with Gasteiger partial charge in [-0.25, -0.2) is 9.97 Å². The third-order valence-electron chi connectivity index (χ3n) is 4.32. The van der Waals surface area contributed by atoms with Gasteiger partial charge in [0.05, 0.1) is 19.8 Å². The fraction of sp³-hybridized carbons (Fsp3) is 0.688. The minimum atomic E-state index is -0.449. The van der Waals surface area contributed by atoms with Crippen molar-refractivity contribution in [3.8, 4) is 0 Å². The maximum atomic E-state index is 12.1. The van der Waals surface area contributed by atoms with Gasteiger partial charge in [0.2, 0.25) is 5.95 Å². The summed E-state index contributed by atoms with van der Waals surface area (Å²) in [6, 6.07) is 1.96. The highest BCUT2D eigenvalue weighted by Gasteiger charge is 2.47. The minimum absolute atomic E-state index is 0.00903. The molecule has 1 spiro atoms. The molecule has 7 heteroatoms. The number of nitrogens with zero attached hydrogens (tertiary/aromatic N) is 4. The fourth-order valence-corrected chi connectivity index (χ4v) is 3.23. The van der Waals surface area contributed by atoms with Crippen LogP contribution in [0.2, 0.25) is 0 Å². The number of hydrogen-bond acceptors (Lipinski definition) is 6. The van der Waals surface area contributed by atoms with Crippen LogP contribution in [0.3, 0.4) is 0 Å². The minimum Gasteiger partial charge on any atom is -0.369 e. The molecule has 2 aliphatic rings. The van der Waals surface area contributed by atoms with Crippen LogP contribution >= 0.6 is 0 Å². The Bertz CT molecular complexity index is 587. The zero-order valence-corrected chi connectivity index (χ0v) is 14.2. The van der Waals surface area contributed by atoms with Gasteiger partial charge >= 0.3 is 0 Å². The largest absolute Gasteiger partial charge is 0.369 e. The molecule has 2 atom stereocenters. The van der Waals surface area contributed by atoms with E-state index in [1.807, 2.05) is 19.9 Å². The lowest BCUT2D eigenvalue weighted by molar-refractivity contribution is -0.138. The molecule has 0 bridgehead atoms. The van der Waals surface area contributed by atoms with Gasteiger partial charge in [0.25, 0.3) is 5.91 Å².